The average molecular weight is 177 g/mol. The molecular weight excluding hydrogens is 167 g/mol. The minimum Gasteiger partial charge on any atom is -0.293 e. The lowest BCUT2D eigenvalue weighted by atomic mass is 10.2. The van der Waals surface area contributed by atoms with Gasteiger partial charge in [-0.15, -0.1) is 0 Å². The van der Waals surface area contributed by atoms with Crippen molar-refractivity contribution in [1.29, 1.82) is 0 Å². The number of allylic oxidation sites excluding steroid dienone is 3. The van der Waals surface area contributed by atoms with Gasteiger partial charge in [0, 0.05) is 12.8 Å². The van der Waals surface area contributed by atoms with Crippen molar-refractivity contribution in [1.82, 2.24) is 0 Å². The Hall–Kier alpha value is -1.06. The molecule has 12 heavy (non-hydrogen) atoms. The van der Waals surface area contributed by atoms with Crippen LogP contribution < -0.4 is 0 Å². The molecule has 0 saturated carbocycles. The SMILES string of the molecule is C=C/C(=C\C(C)=NC)C(F)(F)F. The van der Waals surface area contributed by atoms with Crippen molar-refractivity contribution >= 4 is 5.71 Å². The van der Waals surface area contributed by atoms with Crippen LogP contribution in [0.1, 0.15) is 6.92 Å². The lowest BCUT2D eigenvalue weighted by Crippen LogP contribution is -2.10. The molecule has 0 aliphatic rings. The van der Waals surface area contributed by atoms with Gasteiger partial charge >= 0.3 is 6.18 Å². The fraction of sp³-hybridized carbons (Fsp3) is 0.375. The first kappa shape index (κ1) is 10.9. The molecule has 0 unspecified atom stereocenters. The molecule has 4 heteroatoms. The highest BCUT2D eigenvalue weighted by Gasteiger charge is 2.31. The number of halogens is 3. The van der Waals surface area contributed by atoms with E-state index in [1.807, 2.05) is 0 Å². The molecule has 0 fully saturated rings. The molecule has 0 amide bonds. The van der Waals surface area contributed by atoms with Crippen LogP contribution in [0.3, 0.4) is 0 Å². The van der Waals surface area contributed by atoms with E-state index in [9.17, 15) is 13.2 Å². The third-order valence-corrected chi connectivity index (χ3v) is 1.26. The summed E-state index contributed by atoms with van der Waals surface area (Å²) < 4.78 is 36.1. The first-order chi connectivity index (χ1) is 5.41. The highest BCUT2D eigenvalue weighted by Crippen LogP contribution is 2.25. The summed E-state index contributed by atoms with van der Waals surface area (Å²) >= 11 is 0. The number of nitrogens with zero attached hydrogens (tertiary/aromatic N) is 1. The number of aliphatic imine (C=N–C) groups is 1. The van der Waals surface area contributed by atoms with Gasteiger partial charge in [-0.1, -0.05) is 12.7 Å². The van der Waals surface area contributed by atoms with E-state index in [2.05, 4.69) is 11.6 Å². The maximum absolute atomic E-state index is 12.0. The minimum absolute atomic E-state index is 0.322. The van der Waals surface area contributed by atoms with Crippen molar-refractivity contribution in [2.45, 2.75) is 13.1 Å². The molecule has 1 nitrogen and oxygen atoms in total. The van der Waals surface area contributed by atoms with E-state index in [0.29, 0.717) is 5.71 Å². The Balaban J connectivity index is 4.80. The van der Waals surface area contributed by atoms with E-state index in [0.717, 1.165) is 12.2 Å². The summed E-state index contributed by atoms with van der Waals surface area (Å²) in [5, 5.41) is 0. The molecule has 0 aliphatic carbocycles. The molecule has 68 valence electrons. The Kier molecular flexibility index (Phi) is 3.73. The molecule has 0 aromatic heterocycles. The number of hydrogen-bond acceptors (Lipinski definition) is 1. The lowest BCUT2D eigenvalue weighted by molar-refractivity contribution is -0.0880. The van der Waals surface area contributed by atoms with Crippen LogP contribution in [0.5, 0.6) is 0 Å². The molecule has 0 atom stereocenters. The van der Waals surface area contributed by atoms with E-state index in [-0.39, 0.29) is 0 Å². The van der Waals surface area contributed by atoms with E-state index in [1.165, 1.54) is 14.0 Å². The monoisotopic (exact) mass is 177 g/mol. The van der Waals surface area contributed by atoms with E-state index < -0.39 is 11.7 Å². The van der Waals surface area contributed by atoms with Crippen LogP contribution in [0.25, 0.3) is 0 Å². The molecule has 0 heterocycles. The Labute approximate surface area is 69.3 Å². The highest BCUT2D eigenvalue weighted by molar-refractivity contribution is 5.93. The van der Waals surface area contributed by atoms with Gasteiger partial charge in [0.05, 0.1) is 5.57 Å². The zero-order valence-electron chi connectivity index (χ0n) is 6.94. The summed E-state index contributed by atoms with van der Waals surface area (Å²) in [6, 6.07) is 0. The van der Waals surface area contributed by atoms with Crippen molar-refractivity contribution < 1.29 is 13.2 Å². The Morgan fingerprint density at radius 3 is 2.17 bits per heavy atom. The first-order valence-electron chi connectivity index (χ1n) is 3.26. The first-order valence-corrected chi connectivity index (χ1v) is 3.26. The van der Waals surface area contributed by atoms with Crippen LogP contribution in [0.4, 0.5) is 13.2 Å². The minimum atomic E-state index is -4.34. The fourth-order valence-electron chi connectivity index (χ4n) is 0.546. The largest absolute Gasteiger partial charge is 0.416 e. The highest BCUT2D eigenvalue weighted by atomic mass is 19.4. The molecule has 0 radical (unpaired) electrons. The van der Waals surface area contributed by atoms with Crippen molar-refractivity contribution in [2.75, 3.05) is 7.05 Å². The summed E-state index contributed by atoms with van der Waals surface area (Å²) in [6.45, 7) is 4.57. The summed E-state index contributed by atoms with van der Waals surface area (Å²) in [4.78, 5) is 3.58. The molecule has 0 rings (SSSR count). The predicted molar refractivity (Wildman–Crippen MR) is 43.4 cm³/mol. The zero-order chi connectivity index (χ0) is 9.78. The van der Waals surface area contributed by atoms with Gasteiger partial charge in [0.2, 0.25) is 0 Å². The molecule has 0 aromatic rings. The van der Waals surface area contributed by atoms with Crippen LogP contribution in [0.15, 0.2) is 29.3 Å². The maximum atomic E-state index is 12.0. The average Bonchev–Trinajstić information content (AvgIpc) is 1.97. The predicted octanol–water partition coefficient (Wildman–Crippen LogP) is 2.75. The Bertz CT molecular complexity index is 223. The summed E-state index contributed by atoms with van der Waals surface area (Å²) in [6.07, 6.45) is -2.62. The molecule has 0 aliphatic heterocycles. The molecule has 0 aromatic carbocycles. The van der Waals surface area contributed by atoms with Gasteiger partial charge in [-0.3, -0.25) is 4.99 Å². The second-order valence-electron chi connectivity index (χ2n) is 2.17. The molecule has 0 N–H and O–H groups in total. The molecule has 0 spiro atoms. The van der Waals surface area contributed by atoms with Gasteiger partial charge in [0.15, 0.2) is 0 Å². The topological polar surface area (TPSA) is 12.4 Å². The Morgan fingerprint density at radius 2 is 1.92 bits per heavy atom. The second kappa shape index (κ2) is 4.09. The van der Waals surface area contributed by atoms with Crippen LogP contribution >= 0.6 is 0 Å². The normalized spacial score (nSPS) is 14.8. The quantitative estimate of drug-likeness (QED) is 0.454. The number of rotatable bonds is 2. The van der Waals surface area contributed by atoms with Crippen molar-refractivity contribution in [3.63, 3.8) is 0 Å². The van der Waals surface area contributed by atoms with Crippen LogP contribution in [-0.2, 0) is 0 Å². The van der Waals surface area contributed by atoms with Gasteiger partial charge in [0.25, 0.3) is 0 Å². The maximum Gasteiger partial charge on any atom is 0.416 e. The van der Waals surface area contributed by atoms with Crippen molar-refractivity contribution in [2.24, 2.45) is 4.99 Å². The second-order valence-corrected chi connectivity index (χ2v) is 2.17. The third kappa shape index (κ3) is 3.37. The standard InChI is InChI=1S/C8H10F3N/c1-4-7(8(9,10)11)5-6(2)12-3/h4-5H,1H2,2-3H3/b7-5+,12-6?. The van der Waals surface area contributed by atoms with Crippen molar-refractivity contribution in [3.8, 4) is 0 Å². The third-order valence-electron chi connectivity index (χ3n) is 1.26. The van der Waals surface area contributed by atoms with Gasteiger partial charge in [0.1, 0.15) is 0 Å². The van der Waals surface area contributed by atoms with Crippen LogP contribution in [0, 0.1) is 0 Å². The van der Waals surface area contributed by atoms with Gasteiger partial charge < -0.3 is 0 Å². The Morgan fingerprint density at radius 1 is 1.42 bits per heavy atom. The van der Waals surface area contributed by atoms with Crippen LogP contribution in [-0.4, -0.2) is 18.9 Å². The van der Waals surface area contributed by atoms with E-state index in [1.54, 1.807) is 0 Å². The zero-order valence-corrected chi connectivity index (χ0v) is 6.94. The molecular formula is C8H10F3N. The number of alkyl halides is 3. The smallest absolute Gasteiger partial charge is 0.293 e. The van der Waals surface area contributed by atoms with Crippen LogP contribution in [0.2, 0.25) is 0 Å². The van der Waals surface area contributed by atoms with Gasteiger partial charge in [-0.05, 0) is 13.0 Å². The van der Waals surface area contributed by atoms with Gasteiger partial charge in [-0.25, -0.2) is 0 Å². The van der Waals surface area contributed by atoms with E-state index in [4.69, 9.17) is 0 Å². The van der Waals surface area contributed by atoms with Gasteiger partial charge in [-0.2, -0.15) is 13.2 Å². The number of hydrogen-bond donors (Lipinski definition) is 0. The van der Waals surface area contributed by atoms with Crippen molar-refractivity contribution in [3.05, 3.63) is 24.3 Å². The molecule has 0 bridgehead atoms. The summed E-state index contributed by atoms with van der Waals surface area (Å²) in [7, 11) is 1.43. The lowest BCUT2D eigenvalue weighted by Gasteiger charge is -2.06. The fourth-order valence-corrected chi connectivity index (χ4v) is 0.546. The summed E-state index contributed by atoms with van der Waals surface area (Å²) in [5.41, 5.74) is -0.451. The summed E-state index contributed by atoms with van der Waals surface area (Å²) in [5.74, 6) is 0. The van der Waals surface area contributed by atoms with E-state index >= 15 is 0 Å². The molecule has 0 saturated heterocycles.